The second-order valence-corrected chi connectivity index (χ2v) is 6.12. The molecule has 0 aromatic carbocycles. The van der Waals surface area contributed by atoms with Gasteiger partial charge in [0.25, 0.3) is 0 Å². The molecule has 0 radical (unpaired) electrons. The standard InChI is InChI=1S/C13H21N3O2S/c1-9(12-8-19-11(3)14-12)15-4-6-16(7-5-15)10(2)13(17)18/h8-10H,4-7H2,1-3H3,(H,17,18). The van der Waals surface area contributed by atoms with E-state index in [2.05, 4.69) is 22.2 Å². The summed E-state index contributed by atoms with van der Waals surface area (Å²) < 4.78 is 0. The van der Waals surface area contributed by atoms with E-state index in [0.717, 1.165) is 36.9 Å². The number of carboxylic acids is 1. The maximum absolute atomic E-state index is 11.0. The SMILES string of the molecule is Cc1nc(C(C)N2CCN(C(C)C(=O)O)CC2)cs1. The van der Waals surface area contributed by atoms with Crippen molar-refractivity contribution < 1.29 is 9.90 Å². The fourth-order valence-electron chi connectivity index (χ4n) is 2.43. The molecule has 0 amide bonds. The zero-order chi connectivity index (χ0) is 14.0. The van der Waals surface area contributed by atoms with Crippen molar-refractivity contribution >= 4 is 17.3 Å². The Morgan fingerprint density at radius 1 is 1.32 bits per heavy atom. The number of aryl methyl sites for hydroxylation is 1. The van der Waals surface area contributed by atoms with Crippen LogP contribution in [0.25, 0.3) is 0 Å². The van der Waals surface area contributed by atoms with Gasteiger partial charge in [0.1, 0.15) is 6.04 Å². The van der Waals surface area contributed by atoms with Gasteiger partial charge in [0.05, 0.1) is 16.7 Å². The second kappa shape index (κ2) is 5.98. The summed E-state index contributed by atoms with van der Waals surface area (Å²) in [6.07, 6.45) is 0. The normalized spacial score (nSPS) is 21.2. The molecule has 1 saturated heterocycles. The number of piperazine rings is 1. The number of aromatic nitrogens is 1. The van der Waals surface area contributed by atoms with Crippen molar-refractivity contribution in [2.75, 3.05) is 26.2 Å². The summed E-state index contributed by atoms with van der Waals surface area (Å²) in [4.78, 5) is 19.9. The zero-order valence-corrected chi connectivity index (χ0v) is 12.5. The van der Waals surface area contributed by atoms with Crippen molar-refractivity contribution in [3.05, 3.63) is 16.1 Å². The molecule has 2 atom stereocenters. The van der Waals surface area contributed by atoms with Crippen molar-refractivity contribution in [3.63, 3.8) is 0 Å². The van der Waals surface area contributed by atoms with Gasteiger partial charge in [0.2, 0.25) is 0 Å². The van der Waals surface area contributed by atoms with Crippen molar-refractivity contribution in [1.82, 2.24) is 14.8 Å². The minimum Gasteiger partial charge on any atom is -0.480 e. The Hall–Kier alpha value is -0.980. The Morgan fingerprint density at radius 3 is 2.37 bits per heavy atom. The molecule has 19 heavy (non-hydrogen) atoms. The molecule has 2 unspecified atom stereocenters. The van der Waals surface area contributed by atoms with E-state index < -0.39 is 5.97 Å². The summed E-state index contributed by atoms with van der Waals surface area (Å²) in [5, 5.41) is 12.2. The average molecular weight is 283 g/mol. The molecule has 1 fully saturated rings. The van der Waals surface area contributed by atoms with E-state index in [1.807, 2.05) is 11.8 Å². The number of carbonyl (C=O) groups is 1. The van der Waals surface area contributed by atoms with Gasteiger partial charge in [0.15, 0.2) is 0 Å². The van der Waals surface area contributed by atoms with Gasteiger partial charge in [-0.3, -0.25) is 14.6 Å². The lowest BCUT2D eigenvalue weighted by atomic mass is 10.1. The van der Waals surface area contributed by atoms with Crippen LogP contribution >= 0.6 is 11.3 Å². The molecule has 2 heterocycles. The molecule has 0 spiro atoms. The third-order valence-corrected chi connectivity index (χ3v) is 4.66. The number of hydrogen-bond acceptors (Lipinski definition) is 5. The Morgan fingerprint density at radius 2 is 1.89 bits per heavy atom. The Balaban J connectivity index is 1.91. The third kappa shape index (κ3) is 3.32. The number of aliphatic carboxylic acids is 1. The quantitative estimate of drug-likeness (QED) is 0.909. The molecule has 1 aromatic heterocycles. The van der Waals surface area contributed by atoms with Crippen molar-refractivity contribution in [3.8, 4) is 0 Å². The summed E-state index contributed by atoms with van der Waals surface area (Å²) in [5.74, 6) is -0.739. The van der Waals surface area contributed by atoms with E-state index in [9.17, 15) is 4.79 Å². The van der Waals surface area contributed by atoms with E-state index in [1.54, 1.807) is 18.3 Å². The first-order valence-electron chi connectivity index (χ1n) is 6.62. The van der Waals surface area contributed by atoms with Gasteiger partial charge in [-0.15, -0.1) is 11.3 Å². The van der Waals surface area contributed by atoms with Crippen LogP contribution in [0, 0.1) is 6.92 Å². The first kappa shape index (κ1) is 14.4. The van der Waals surface area contributed by atoms with E-state index in [-0.39, 0.29) is 6.04 Å². The lowest BCUT2D eigenvalue weighted by Gasteiger charge is -2.39. The van der Waals surface area contributed by atoms with Crippen LogP contribution < -0.4 is 0 Å². The monoisotopic (exact) mass is 283 g/mol. The number of nitrogens with zero attached hydrogens (tertiary/aromatic N) is 3. The second-order valence-electron chi connectivity index (χ2n) is 5.05. The summed E-state index contributed by atoms with van der Waals surface area (Å²) in [6, 6.07) is -0.0776. The number of hydrogen-bond donors (Lipinski definition) is 1. The maximum atomic E-state index is 11.0. The number of carboxylic acid groups (broad SMARTS) is 1. The van der Waals surface area contributed by atoms with Crippen LogP contribution in [0.5, 0.6) is 0 Å². The maximum Gasteiger partial charge on any atom is 0.320 e. The van der Waals surface area contributed by atoms with Gasteiger partial charge < -0.3 is 5.11 Å². The molecule has 1 N–H and O–H groups in total. The lowest BCUT2D eigenvalue weighted by Crippen LogP contribution is -2.52. The predicted octanol–water partition coefficient (Wildman–Crippen LogP) is 1.60. The van der Waals surface area contributed by atoms with Crippen molar-refractivity contribution in [1.29, 1.82) is 0 Å². The Kier molecular flexibility index (Phi) is 4.54. The molecule has 106 valence electrons. The summed E-state index contributed by atoms with van der Waals surface area (Å²) in [6.45, 7) is 9.36. The van der Waals surface area contributed by atoms with Crippen LogP contribution in [0.4, 0.5) is 0 Å². The van der Waals surface area contributed by atoms with Crippen LogP contribution in [0.2, 0.25) is 0 Å². The molecular formula is C13H21N3O2S. The minimum absolute atomic E-state index is 0.312. The largest absolute Gasteiger partial charge is 0.480 e. The van der Waals surface area contributed by atoms with Gasteiger partial charge in [-0.1, -0.05) is 0 Å². The smallest absolute Gasteiger partial charge is 0.320 e. The molecule has 6 heteroatoms. The van der Waals surface area contributed by atoms with Crippen LogP contribution in [-0.4, -0.2) is 58.1 Å². The van der Waals surface area contributed by atoms with E-state index >= 15 is 0 Å². The summed E-state index contributed by atoms with van der Waals surface area (Å²) >= 11 is 1.68. The molecule has 0 aliphatic carbocycles. The highest BCUT2D eigenvalue weighted by Crippen LogP contribution is 2.23. The minimum atomic E-state index is -0.739. The van der Waals surface area contributed by atoms with Gasteiger partial charge in [-0.25, -0.2) is 4.98 Å². The highest BCUT2D eigenvalue weighted by atomic mass is 32.1. The summed E-state index contributed by atoms with van der Waals surface area (Å²) in [7, 11) is 0. The predicted molar refractivity (Wildman–Crippen MR) is 75.5 cm³/mol. The lowest BCUT2D eigenvalue weighted by molar-refractivity contribution is -0.143. The molecular weight excluding hydrogens is 262 g/mol. The Bertz CT molecular complexity index is 441. The van der Waals surface area contributed by atoms with Gasteiger partial charge in [0, 0.05) is 31.6 Å². The number of rotatable bonds is 4. The third-order valence-electron chi connectivity index (χ3n) is 3.87. The fraction of sp³-hybridized carbons (Fsp3) is 0.692. The van der Waals surface area contributed by atoms with Crippen LogP contribution in [0.1, 0.15) is 30.6 Å². The van der Waals surface area contributed by atoms with E-state index in [4.69, 9.17) is 5.11 Å². The Labute approximate surface area is 117 Å². The topological polar surface area (TPSA) is 56.7 Å². The molecule has 1 aliphatic rings. The van der Waals surface area contributed by atoms with Crippen LogP contribution in [-0.2, 0) is 4.79 Å². The first-order valence-corrected chi connectivity index (χ1v) is 7.50. The first-order chi connectivity index (χ1) is 8.99. The van der Waals surface area contributed by atoms with Gasteiger partial charge >= 0.3 is 5.97 Å². The van der Waals surface area contributed by atoms with Crippen molar-refractivity contribution in [2.24, 2.45) is 0 Å². The van der Waals surface area contributed by atoms with Gasteiger partial charge in [-0.2, -0.15) is 0 Å². The summed E-state index contributed by atoms with van der Waals surface area (Å²) in [5.41, 5.74) is 1.13. The molecule has 1 aliphatic heterocycles. The number of thiazole rings is 1. The van der Waals surface area contributed by atoms with E-state index in [0.29, 0.717) is 6.04 Å². The average Bonchev–Trinajstić information content (AvgIpc) is 2.84. The van der Waals surface area contributed by atoms with E-state index in [1.165, 1.54) is 0 Å². The highest BCUT2D eigenvalue weighted by Gasteiger charge is 2.28. The van der Waals surface area contributed by atoms with Crippen LogP contribution in [0.15, 0.2) is 5.38 Å². The fourth-order valence-corrected chi connectivity index (χ4v) is 3.13. The van der Waals surface area contributed by atoms with Crippen LogP contribution in [0.3, 0.4) is 0 Å². The van der Waals surface area contributed by atoms with Gasteiger partial charge in [-0.05, 0) is 20.8 Å². The molecule has 0 saturated carbocycles. The van der Waals surface area contributed by atoms with Crippen molar-refractivity contribution in [2.45, 2.75) is 32.9 Å². The molecule has 0 bridgehead atoms. The zero-order valence-electron chi connectivity index (χ0n) is 11.7. The molecule has 2 rings (SSSR count). The molecule has 1 aromatic rings. The molecule has 5 nitrogen and oxygen atoms in total. The highest BCUT2D eigenvalue weighted by molar-refractivity contribution is 7.09.